The van der Waals surface area contributed by atoms with E-state index >= 15 is 0 Å². The number of piperidine rings is 1. The van der Waals surface area contributed by atoms with Gasteiger partial charge in [-0.3, -0.25) is 9.59 Å². The van der Waals surface area contributed by atoms with Crippen LogP contribution >= 0.6 is 0 Å². The Bertz CT molecular complexity index is 1180. The quantitative estimate of drug-likeness (QED) is 0.566. The van der Waals surface area contributed by atoms with Gasteiger partial charge in [0.2, 0.25) is 0 Å². The first-order valence-corrected chi connectivity index (χ1v) is 12.8. The summed E-state index contributed by atoms with van der Waals surface area (Å²) in [5, 5.41) is 6.31. The van der Waals surface area contributed by atoms with Crippen molar-refractivity contribution in [2.45, 2.75) is 63.6 Å². The maximum Gasteiger partial charge on any atom is 0.266 e. The summed E-state index contributed by atoms with van der Waals surface area (Å²) in [4.78, 5) is 28.8. The molecule has 1 amide bonds. The van der Waals surface area contributed by atoms with Gasteiger partial charge in [0.05, 0.1) is 22.9 Å². The number of carbonyl (C=O) groups excluding carboxylic acids is 1. The van der Waals surface area contributed by atoms with Gasteiger partial charge in [0.25, 0.3) is 17.9 Å². The van der Waals surface area contributed by atoms with Crippen LogP contribution in [0.2, 0.25) is 0 Å². The van der Waals surface area contributed by atoms with E-state index in [4.69, 9.17) is 0 Å². The van der Waals surface area contributed by atoms with E-state index in [9.17, 15) is 22.8 Å². The summed E-state index contributed by atoms with van der Waals surface area (Å²) in [5.74, 6) is -0.617. The first kappa shape index (κ1) is 24.9. The third-order valence-corrected chi connectivity index (χ3v) is 8.24. The minimum Gasteiger partial charge on any atom is -0.381 e. The molecule has 1 aromatic heterocycles. The van der Waals surface area contributed by atoms with Gasteiger partial charge >= 0.3 is 0 Å². The molecule has 2 aliphatic carbocycles. The number of pyridine rings is 1. The number of rotatable bonds is 7. The van der Waals surface area contributed by atoms with Gasteiger partial charge in [-0.25, -0.2) is 13.2 Å². The van der Waals surface area contributed by atoms with E-state index in [-0.39, 0.29) is 23.2 Å². The zero-order valence-electron chi connectivity index (χ0n) is 20.6. The molecule has 194 valence electrons. The van der Waals surface area contributed by atoms with Crippen LogP contribution < -0.4 is 16.2 Å². The summed E-state index contributed by atoms with van der Waals surface area (Å²) in [6.45, 7) is 3.50. The number of carbonyl (C=O) groups is 1. The van der Waals surface area contributed by atoms with Crippen LogP contribution in [0.1, 0.15) is 79.0 Å². The molecule has 9 heteroatoms. The molecule has 0 unspecified atom stereocenters. The number of fused-ring (bicyclic) bond motifs is 2. The predicted molar refractivity (Wildman–Crippen MR) is 132 cm³/mol. The highest BCUT2D eigenvalue weighted by Crippen LogP contribution is 2.39. The molecule has 2 N–H and O–H groups in total. The molecule has 0 spiro atoms. The number of hydrogen-bond donors (Lipinski definition) is 2. The Morgan fingerprint density at radius 1 is 1.08 bits per heavy atom. The Kier molecular flexibility index (Phi) is 6.85. The van der Waals surface area contributed by atoms with Crippen molar-refractivity contribution in [1.82, 2.24) is 14.8 Å². The summed E-state index contributed by atoms with van der Waals surface area (Å²) >= 11 is 0. The highest BCUT2D eigenvalue weighted by atomic mass is 19.3. The number of benzene rings is 1. The Morgan fingerprint density at radius 3 is 2.36 bits per heavy atom. The van der Waals surface area contributed by atoms with Gasteiger partial charge in [0.15, 0.2) is 0 Å². The lowest BCUT2D eigenvalue weighted by molar-refractivity contribution is 0.0938. The van der Waals surface area contributed by atoms with Crippen molar-refractivity contribution in [3.63, 3.8) is 0 Å². The highest BCUT2D eigenvalue weighted by Gasteiger charge is 2.41. The van der Waals surface area contributed by atoms with Crippen LogP contribution in [0, 0.1) is 17.7 Å². The Morgan fingerprint density at radius 2 is 1.75 bits per heavy atom. The highest BCUT2D eigenvalue weighted by molar-refractivity contribution is 5.99. The van der Waals surface area contributed by atoms with E-state index in [0.717, 1.165) is 51.3 Å². The number of amides is 1. The molecule has 2 bridgehead atoms. The SMILES string of the molecule is C[C@@H](NC(=O)c1cn(C2CCC2)c(=O)cc1N[C@@H]1[C@@H]2CC[C@H]1CN(C)C2)c1cccc(C(F)F)c1F. The minimum atomic E-state index is -2.94. The smallest absolute Gasteiger partial charge is 0.266 e. The van der Waals surface area contributed by atoms with Gasteiger partial charge in [0.1, 0.15) is 5.82 Å². The van der Waals surface area contributed by atoms with E-state index in [1.807, 2.05) is 0 Å². The second kappa shape index (κ2) is 9.92. The fourth-order valence-corrected chi connectivity index (χ4v) is 6.09. The normalized spacial score (nSPS) is 25.0. The standard InChI is InChI=1S/C27H33F3N4O2/c1-15(19-7-4-8-20(24(19)28)26(29)30)31-27(36)21-14-34(18-5-3-6-18)23(35)11-22(21)32-25-16-9-10-17(25)13-33(2)12-16/h4,7-8,11,14-18,25-26,32H,3,5-6,9-10,12-13H2,1-2H3,(H,31,36)/t15-,16-,17+,25-/m1/s1. The lowest BCUT2D eigenvalue weighted by Crippen LogP contribution is -2.47. The molecule has 36 heavy (non-hydrogen) atoms. The molecular weight excluding hydrogens is 469 g/mol. The number of hydrogen-bond acceptors (Lipinski definition) is 4. The van der Waals surface area contributed by atoms with Crippen LogP contribution in [0.3, 0.4) is 0 Å². The van der Waals surface area contributed by atoms with Crippen LogP contribution in [0.5, 0.6) is 0 Å². The Balaban J connectivity index is 1.44. The zero-order chi connectivity index (χ0) is 25.6. The van der Waals surface area contributed by atoms with Crippen molar-refractivity contribution in [2.75, 3.05) is 25.5 Å². The molecular formula is C27H33F3N4O2. The van der Waals surface area contributed by atoms with E-state index in [1.54, 1.807) is 17.7 Å². The molecule has 3 fully saturated rings. The first-order chi connectivity index (χ1) is 17.2. The molecule has 1 aromatic carbocycles. The second-order valence-electron chi connectivity index (χ2n) is 10.7. The maximum atomic E-state index is 14.7. The number of aromatic nitrogens is 1. The molecule has 2 heterocycles. The fraction of sp³-hybridized carbons (Fsp3) is 0.556. The third kappa shape index (κ3) is 4.65. The zero-order valence-corrected chi connectivity index (χ0v) is 20.6. The van der Waals surface area contributed by atoms with Gasteiger partial charge in [-0.2, -0.15) is 0 Å². The summed E-state index contributed by atoms with van der Waals surface area (Å²) in [7, 11) is 2.11. The van der Waals surface area contributed by atoms with Crippen molar-refractivity contribution >= 4 is 11.6 Å². The lowest BCUT2D eigenvalue weighted by atomic mass is 9.91. The molecule has 4 atom stereocenters. The van der Waals surface area contributed by atoms with Gasteiger partial charge in [0, 0.05) is 43.0 Å². The summed E-state index contributed by atoms with van der Waals surface area (Å²) in [6.07, 6.45) is 3.67. The van der Waals surface area contributed by atoms with E-state index in [2.05, 4.69) is 22.6 Å². The molecule has 6 nitrogen and oxygen atoms in total. The fourth-order valence-electron chi connectivity index (χ4n) is 6.09. The molecule has 2 saturated carbocycles. The van der Waals surface area contributed by atoms with E-state index in [0.29, 0.717) is 23.1 Å². The monoisotopic (exact) mass is 502 g/mol. The van der Waals surface area contributed by atoms with Crippen LogP contribution in [0.4, 0.5) is 18.9 Å². The van der Waals surface area contributed by atoms with Gasteiger partial charge in [-0.15, -0.1) is 0 Å². The van der Waals surface area contributed by atoms with Crippen molar-refractivity contribution in [3.05, 3.63) is 63.3 Å². The van der Waals surface area contributed by atoms with Crippen LogP contribution in [0.15, 0.2) is 35.3 Å². The molecule has 0 radical (unpaired) electrons. The van der Waals surface area contributed by atoms with Crippen molar-refractivity contribution < 1.29 is 18.0 Å². The number of anilines is 1. The number of likely N-dealkylation sites (tertiary alicyclic amines) is 1. The van der Waals surface area contributed by atoms with E-state index in [1.165, 1.54) is 18.2 Å². The Hall–Kier alpha value is -2.81. The Labute approximate surface area is 208 Å². The first-order valence-electron chi connectivity index (χ1n) is 12.8. The van der Waals surface area contributed by atoms with Crippen LogP contribution in [-0.4, -0.2) is 41.6 Å². The second-order valence-corrected chi connectivity index (χ2v) is 10.7. The molecule has 5 rings (SSSR count). The largest absolute Gasteiger partial charge is 0.381 e. The number of halogens is 3. The predicted octanol–water partition coefficient (Wildman–Crippen LogP) is 4.89. The topological polar surface area (TPSA) is 66.4 Å². The lowest BCUT2D eigenvalue weighted by Gasteiger charge is -2.37. The van der Waals surface area contributed by atoms with Crippen molar-refractivity contribution in [3.8, 4) is 0 Å². The summed E-state index contributed by atoms with van der Waals surface area (Å²) in [6, 6.07) is 4.71. The number of nitrogens with one attached hydrogen (secondary N) is 2. The molecule has 1 aliphatic heterocycles. The summed E-state index contributed by atoms with van der Waals surface area (Å²) in [5.41, 5.74) is -0.0445. The summed E-state index contributed by atoms with van der Waals surface area (Å²) < 4.78 is 42.7. The van der Waals surface area contributed by atoms with E-state index < -0.39 is 29.8 Å². The number of alkyl halides is 2. The molecule has 2 aromatic rings. The average Bonchev–Trinajstić information content (AvgIpc) is 3.02. The average molecular weight is 503 g/mol. The molecule has 3 aliphatic rings. The van der Waals surface area contributed by atoms with Gasteiger partial charge in [-0.05, 0) is 57.9 Å². The maximum absolute atomic E-state index is 14.7. The molecule has 1 saturated heterocycles. The van der Waals surface area contributed by atoms with Crippen molar-refractivity contribution in [1.29, 1.82) is 0 Å². The van der Waals surface area contributed by atoms with Crippen molar-refractivity contribution in [2.24, 2.45) is 11.8 Å². The van der Waals surface area contributed by atoms with Crippen LogP contribution in [-0.2, 0) is 0 Å². The minimum absolute atomic E-state index is 0.00339. The van der Waals surface area contributed by atoms with Gasteiger partial charge in [-0.1, -0.05) is 18.2 Å². The third-order valence-electron chi connectivity index (χ3n) is 8.24. The number of nitrogens with zero attached hydrogens (tertiary/aromatic N) is 2. The van der Waals surface area contributed by atoms with Crippen LogP contribution in [0.25, 0.3) is 0 Å². The van der Waals surface area contributed by atoms with Gasteiger partial charge < -0.3 is 20.1 Å².